The van der Waals surface area contributed by atoms with Crippen molar-refractivity contribution in [2.45, 2.75) is 13.0 Å². The third-order valence-electron chi connectivity index (χ3n) is 2.97. The lowest BCUT2D eigenvalue weighted by atomic mass is 10.1. The van der Waals surface area contributed by atoms with E-state index < -0.39 is 6.10 Å². The molecule has 0 fully saturated rings. The van der Waals surface area contributed by atoms with Gasteiger partial charge in [-0.3, -0.25) is 0 Å². The Balaban J connectivity index is 2.03. The van der Waals surface area contributed by atoms with Crippen molar-refractivity contribution in [2.75, 3.05) is 24.2 Å². The first-order valence-electron chi connectivity index (χ1n) is 6.18. The molecule has 0 radical (unpaired) electrons. The molecule has 0 amide bonds. The van der Waals surface area contributed by atoms with Crippen LogP contribution in [0.1, 0.15) is 17.2 Å². The molecule has 0 saturated heterocycles. The number of rotatable bonds is 5. The van der Waals surface area contributed by atoms with Crippen LogP contribution in [-0.2, 0) is 0 Å². The molecule has 0 bridgehead atoms. The van der Waals surface area contributed by atoms with E-state index in [4.69, 9.17) is 0 Å². The summed E-state index contributed by atoms with van der Waals surface area (Å²) in [5.74, 6) is 1.51. The molecule has 2 aromatic rings. The van der Waals surface area contributed by atoms with Crippen molar-refractivity contribution in [2.24, 2.45) is 0 Å². The average Bonchev–Trinajstić information content (AvgIpc) is 2.47. The fourth-order valence-electron chi connectivity index (χ4n) is 1.87. The molecule has 0 aliphatic carbocycles. The molecular formula is C14H18N4O. The predicted molar refractivity (Wildman–Crippen MR) is 76.2 cm³/mol. The molecule has 1 aromatic heterocycles. The molecule has 1 aromatic carbocycles. The van der Waals surface area contributed by atoms with Crippen molar-refractivity contribution >= 4 is 11.6 Å². The van der Waals surface area contributed by atoms with E-state index in [2.05, 4.69) is 20.6 Å². The van der Waals surface area contributed by atoms with Gasteiger partial charge in [0.05, 0.1) is 6.10 Å². The van der Waals surface area contributed by atoms with Crippen LogP contribution < -0.4 is 10.6 Å². The molecule has 0 spiro atoms. The molecule has 0 aliphatic heterocycles. The van der Waals surface area contributed by atoms with Crippen molar-refractivity contribution in [1.82, 2.24) is 9.97 Å². The Morgan fingerprint density at radius 3 is 2.53 bits per heavy atom. The first kappa shape index (κ1) is 13.3. The monoisotopic (exact) mass is 258 g/mol. The molecule has 1 atom stereocenters. The zero-order chi connectivity index (χ0) is 13.7. The lowest BCUT2D eigenvalue weighted by Gasteiger charge is -2.14. The van der Waals surface area contributed by atoms with Gasteiger partial charge in [0, 0.05) is 19.2 Å². The lowest BCUT2D eigenvalue weighted by Crippen LogP contribution is -2.14. The van der Waals surface area contributed by atoms with Crippen LogP contribution >= 0.6 is 0 Å². The topological polar surface area (TPSA) is 70.1 Å². The number of nitrogens with one attached hydrogen (secondary N) is 2. The SMILES string of the molecule is CNc1ncnc(NCC(O)c2ccccc2)c1C. The van der Waals surface area contributed by atoms with Crippen LogP contribution in [0.2, 0.25) is 0 Å². The van der Waals surface area contributed by atoms with Crippen molar-refractivity contribution in [1.29, 1.82) is 0 Å². The van der Waals surface area contributed by atoms with E-state index >= 15 is 0 Å². The van der Waals surface area contributed by atoms with Gasteiger partial charge in [-0.1, -0.05) is 30.3 Å². The van der Waals surface area contributed by atoms with E-state index in [-0.39, 0.29) is 0 Å². The van der Waals surface area contributed by atoms with Crippen molar-refractivity contribution < 1.29 is 5.11 Å². The largest absolute Gasteiger partial charge is 0.387 e. The second kappa shape index (κ2) is 6.15. The minimum Gasteiger partial charge on any atom is -0.387 e. The first-order valence-corrected chi connectivity index (χ1v) is 6.18. The summed E-state index contributed by atoms with van der Waals surface area (Å²) in [7, 11) is 1.82. The fraction of sp³-hybridized carbons (Fsp3) is 0.286. The van der Waals surface area contributed by atoms with E-state index in [0.717, 1.165) is 22.8 Å². The molecule has 5 heteroatoms. The highest BCUT2D eigenvalue weighted by Crippen LogP contribution is 2.19. The quantitative estimate of drug-likeness (QED) is 0.765. The Hall–Kier alpha value is -2.14. The van der Waals surface area contributed by atoms with Crippen molar-refractivity contribution in [3.63, 3.8) is 0 Å². The lowest BCUT2D eigenvalue weighted by molar-refractivity contribution is 0.191. The predicted octanol–water partition coefficient (Wildman–Crippen LogP) is 1.97. The van der Waals surface area contributed by atoms with Crippen LogP contribution in [0.3, 0.4) is 0 Å². The highest BCUT2D eigenvalue weighted by Gasteiger charge is 2.09. The van der Waals surface area contributed by atoms with Gasteiger partial charge >= 0.3 is 0 Å². The number of aromatic nitrogens is 2. The molecule has 100 valence electrons. The summed E-state index contributed by atoms with van der Waals surface area (Å²) in [6.07, 6.45) is 0.935. The fourth-order valence-corrected chi connectivity index (χ4v) is 1.87. The second-order valence-electron chi connectivity index (χ2n) is 4.25. The number of hydrogen-bond acceptors (Lipinski definition) is 5. The van der Waals surface area contributed by atoms with Crippen LogP contribution in [0.4, 0.5) is 11.6 Å². The normalized spacial score (nSPS) is 11.9. The van der Waals surface area contributed by atoms with E-state index in [1.54, 1.807) is 0 Å². The van der Waals surface area contributed by atoms with Gasteiger partial charge in [0.15, 0.2) is 0 Å². The molecule has 0 aliphatic rings. The maximum Gasteiger partial charge on any atom is 0.134 e. The van der Waals surface area contributed by atoms with Crippen molar-refractivity contribution in [3.05, 3.63) is 47.8 Å². The smallest absolute Gasteiger partial charge is 0.134 e. The highest BCUT2D eigenvalue weighted by atomic mass is 16.3. The molecule has 3 N–H and O–H groups in total. The maximum atomic E-state index is 10.1. The molecule has 5 nitrogen and oxygen atoms in total. The average molecular weight is 258 g/mol. The number of aliphatic hydroxyl groups is 1. The van der Waals surface area contributed by atoms with E-state index in [9.17, 15) is 5.11 Å². The Morgan fingerprint density at radius 2 is 1.84 bits per heavy atom. The highest BCUT2D eigenvalue weighted by molar-refractivity contribution is 5.56. The molecule has 19 heavy (non-hydrogen) atoms. The summed E-state index contributed by atoms with van der Waals surface area (Å²) in [5, 5.41) is 16.2. The minimum atomic E-state index is -0.561. The zero-order valence-electron chi connectivity index (χ0n) is 11.1. The number of hydrogen-bond donors (Lipinski definition) is 3. The van der Waals surface area contributed by atoms with E-state index in [0.29, 0.717) is 6.54 Å². The summed E-state index contributed by atoms with van der Waals surface area (Å²) in [4.78, 5) is 8.30. The molecule has 1 heterocycles. The van der Waals surface area contributed by atoms with Gasteiger partial charge in [0.2, 0.25) is 0 Å². The maximum absolute atomic E-state index is 10.1. The van der Waals surface area contributed by atoms with Crippen LogP contribution in [0.5, 0.6) is 0 Å². The summed E-state index contributed by atoms with van der Waals surface area (Å²) in [6, 6.07) is 9.55. The van der Waals surface area contributed by atoms with Crippen LogP contribution in [0, 0.1) is 6.92 Å². The van der Waals surface area contributed by atoms with E-state index in [1.165, 1.54) is 6.33 Å². The first-order chi connectivity index (χ1) is 9.22. The van der Waals surface area contributed by atoms with Crippen LogP contribution in [-0.4, -0.2) is 28.7 Å². The summed E-state index contributed by atoms with van der Waals surface area (Å²) in [5.41, 5.74) is 1.82. The third-order valence-corrected chi connectivity index (χ3v) is 2.97. The Kier molecular flexibility index (Phi) is 4.30. The summed E-state index contributed by atoms with van der Waals surface area (Å²) in [6.45, 7) is 2.34. The van der Waals surface area contributed by atoms with Gasteiger partial charge in [-0.05, 0) is 12.5 Å². The van der Waals surface area contributed by atoms with Gasteiger partial charge in [-0.15, -0.1) is 0 Å². The molecule has 2 rings (SSSR count). The van der Waals surface area contributed by atoms with E-state index in [1.807, 2.05) is 44.3 Å². The zero-order valence-corrected chi connectivity index (χ0v) is 11.1. The van der Waals surface area contributed by atoms with Gasteiger partial charge in [0.25, 0.3) is 0 Å². The third kappa shape index (κ3) is 3.20. The van der Waals surface area contributed by atoms with Crippen LogP contribution in [0.15, 0.2) is 36.7 Å². The summed E-state index contributed by atoms with van der Waals surface area (Å²) >= 11 is 0. The molecule has 0 saturated carbocycles. The molecular weight excluding hydrogens is 240 g/mol. The Bertz CT molecular complexity index is 530. The van der Waals surface area contributed by atoms with Crippen molar-refractivity contribution in [3.8, 4) is 0 Å². The standard InChI is InChI=1S/C14H18N4O/c1-10-13(15-2)17-9-18-14(10)16-8-12(19)11-6-4-3-5-7-11/h3-7,9,12,19H,8H2,1-2H3,(H2,15,16,17,18). The molecule has 1 unspecified atom stereocenters. The Labute approximate surface area is 112 Å². The van der Waals surface area contributed by atoms with Gasteiger partial charge in [0.1, 0.15) is 18.0 Å². The number of anilines is 2. The van der Waals surface area contributed by atoms with Crippen LogP contribution in [0.25, 0.3) is 0 Å². The second-order valence-corrected chi connectivity index (χ2v) is 4.25. The summed E-state index contributed by atoms with van der Waals surface area (Å²) < 4.78 is 0. The number of nitrogens with zero attached hydrogens (tertiary/aromatic N) is 2. The Morgan fingerprint density at radius 1 is 1.16 bits per heavy atom. The number of aliphatic hydroxyl groups excluding tert-OH is 1. The van der Waals surface area contributed by atoms with Gasteiger partial charge < -0.3 is 15.7 Å². The van der Waals surface area contributed by atoms with Gasteiger partial charge in [-0.25, -0.2) is 9.97 Å². The minimum absolute atomic E-state index is 0.408. The van der Waals surface area contributed by atoms with Gasteiger partial charge in [-0.2, -0.15) is 0 Å². The number of benzene rings is 1.